The zero-order valence-corrected chi connectivity index (χ0v) is 20.8. The molecule has 12 nitrogen and oxygen atoms in total. The van der Waals surface area contributed by atoms with Crippen molar-refractivity contribution in [3.05, 3.63) is 63.4 Å². The molecule has 0 saturated carbocycles. The number of hydrogen-bond donors (Lipinski definition) is 3. The van der Waals surface area contributed by atoms with Gasteiger partial charge in [-0.15, -0.1) is 11.8 Å². The zero-order chi connectivity index (χ0) is 25.1. The van der Waals surface area contributed by atoms with Crippen LogP contribution in [0.4, 0.5) is 0 Å². The second kappa shape index (κ2) is 10.7. The largest absolute Gasteiger partial charge is 0.477 e. The molecule has 3 atom stereocenters. The fourth-order valence-electron chi connectivity index (χ4n) is 3.64. The fraction of sp³-hybridized carbons (Fsp3) is 0.350. The molecule has 4 N–H and O–H groups in total. The first-order valence-corrected chi connectivity index (χ1v) is 13.1. The quantitative estimate of drug-likeness (QED) is 0.108. The lowest BCUT2D eigenvalue weighted by Crippen LogP contribution is -2.71. The smallest absolute Gasteiger partial charge is 0.352 e. The van der Waals surface area contributed by atoms with Crippen LogP contribution in [0.25, 0.3) is 10.4 Å². The molecule has 0 bridgehead atoms. The molecule has 35 heavy (non-hydrogen) atoms. The van der Waals surface area contributed by atoms with Gasteiger partial charge in [0.1, 0.15) is 23.2 Å². The topological polar surface area (TPSA) is 178 Å². The standard InChI is InChI=1S/C20H20N8O4S3/c1-27-9-23-20(35-27)34-8-12-7-33-18-14(17(30)28(18)15(12)19(31)32)25-16(29)13(21)11-4-2-10(3-5-11)6-24-26-22/h2-5,9,13-14,18H,6-8,21H2,1H3,(H-,25,29,31,32)/p+1. The second-order valence-electron chi connectivity index (χ2n) is 7.70. The lowest BCUT2D eigenvalue weighted by Gasteiger charge is -2.49. The van der Waals surface area contributed by atoms with E-state index >= 15 is 0 Å². The maximum atomic E-state index is 12.9. The Morgan fingerprint density at radius 1 is 1.46 bits per heavy atom. The fourth-order valence-corrected chi connectivity index (χ4v) is 6.95. The van der Waals surface area contributed by atoms with E-state index in [-0.39, 0.29) is 12.2 Å². The number of benzene rings is 1. The van der Waals surface area contributed by atoms with Crippen molar-refractivity contribution in [1.82, 2.24) is 15.2 Å². The summed E-state index contributed by atoms with van der Waals surface area (Å²) >= 11 is 4.27. The van der Waals surface area contributed by atoms with Gasteiger partial charge in [-0.25, -0.2) is 4.79 Å². The number of aromatic nitrogens is 2. The third-order valence-corrected chi connectivity index (χ3v) is 8.81. The minimum atomic E-state index is -1.17. The number of β-lactam (4-membered cyclic amide) rings is 1. The Labute approximate surface area is 212 Å². The Balaban J connectivity index is 1.41. The van der Waals surface area contributed by atoms with Crippen LogP contribution in [0.3, 0.4) is 0 Å². The predicted molar refractivity (Wildman–Crippen MR) is 130 cm³/mol. The van der Waals surface area contributed by atoms with Crippen molar-refractivity contribution in [2.45, 2.75) is 28.3 Å². The minimum absolute atomic E-state index is 0.0300. The van der Waals surface area contributed by atoms with E-state index in [2.05, 4.69) is 20.3 Å². The maximum Gasteiger partial charge on any atom is 0.352 e. The molecule has 0 radical (unpaired) electrons. The first-order chi connectivity index (χ1) is 16.8. The normalized spacial score (nSPS) is 19.9. The number of carbonyl (C=O) groups excluding carboxylic acids is 2. The van der Waals surface area contributed by atoms with Crippen LogP contribution in [-0.2, 0) is 28.0 Å². The number of rotatable bonds is 9. The Morgan fingerprint density at radius 3 is 2.83 bits per heavy atom. The first kappa shape index (κ1) is 25.0. The number of fused-ring (bicyclic) bond motifs is 1. The van der Waals surface area contributed by atoms with Gasteiger partial charge in [0, 0.05) is 16.4 Å². The van der Waals surface area contributed by atoms with Crippen molar-refractivity contribution in [2.24, 2.45) is 17.9 Å². The molecule has 1 fully saturated rings. The highest BCUT2D eigenvalue weighted by atomic mass is 32.2. The Hall–Kier alpha value is -3.10. The molecule has 2 aliphatic heterocycles. The van der Waals surface area contributed by atoms with Crippen LogP contribution >= 0.6 is 35.1 Å². The molecule has 4 rings (SSSR count). The van der Waals surface area contributed by atoms with Crippen molar-refractivity contribution in [2.75, 3.05) is 11.5 Å². The van der Waals surface area contributed by atoms with Crippen LogP contribution < -0.4 is 15.0 Å². The van der Waals surface area contributed by atoms with Gasteiger partial charge in [-0.3, -0.25) is 14.5 Å². The summed E-state index contributed by atoms with van der Waals surface area (Å²) in [6, 6.07) is 4.87. The van der Waals surface area contributed by atoms with Crippen molar-refractivity contribution in [3.8, 4) is 0 Å². The number of azide groups is 1. The molecular formula is C20H21N8O4S3+. The number of carboxylic acids is 1. The average Bonchev–Trinajstić information content (AvgIpc) is 3.28. The van der Waals surface area contributed by atoms with Crippen molar-refractivity contribution in [3.63, 3.8) is 0 Å². The van der Waals surface area contributed by atoms with Gasteiger partial charge in [-0.2, -0.15) is 3.96 Å². The molecular weight excluding hydrogens is 512 g/mol. The molecule has 2 aromatic rings. The van der Waals surface area contributed by atoms with Crippen LogP contribution in [0.15, 0.2) is 51.3 Å². The van der Waals surface area contributed by atoms with Crippen molar-refractivity contribution >= 4 is 52.8 Å². The average molecular weight is 534 g/mol. The van der Waals surface area contributed by atoms with Crippen LogP contribution in [0, 0.1) is 0 Å². The number of carbonyl (C=O) groups is 3. The number of amides is 2. The maximum absolute atomic E-state index is 12.9. The molecule has 1 saturated heterocycles. The van der Waals surface area contributed by atoms with Gasteiger partial charge >= 0.3 is 5.97 Å². The molecule has 2 aliphatic rings. The summed E-state index contributed by atoms with van der Waals surface area (Å²) < 4.78 is 2.64. The number of nitrogens with zero attached hydrogens (tertiary/aromatic N) is 6. The van der Waals surface area contributed by atoms with Gasteiger partial charge < -0.3 is 16.2 Å². The lowest BCUT2D eigenvalue weighted by molar-refractivity contribution is -0.603. The number of aryl methyl sites for hydroxylation is 1. The Bertz CT molecular complexity index is 1240. The highest BCUT2D eigenvalue weighted by molar-refractivity contribution is 8.01. The summed E-state index contributed by atoms with van der Waals surface area (Å²) in [5.41, 5.74) is 16.4. The van der Waals surface area contributed by atoms with Crippen LogP contribution in [-0.4, -0.2) is 55.7 Å². The molecule has 2 amide bonds. The molecule has 182 valence electrons. The van der Waals surface area contributed by atoms with Gasteiger partial charge in [-0.1, -0.05) is 41.1 Å². The van der Waals surface area contributed by atoms with E-state index in [4.69, 9.17) is 11.3 Å². The Morgan fingerprint density at radius 2 is 2.20 bits per heavy atom. The van der Waals surface area contributed by atoms with Gasteiger partial charge in [0.15, 0.2) is 0 Å². The SMILES string of the molecule is C[n+]1cnc(SCC2=C(C(=O)O)N3C(=O)C(NC(=O)C(N)c4ccc(CN=[N+]=[N-])cc4)C3SC2)s1. The van der Waals surface area contributed by atoms with Crippen LogP contribution in [0.5, 0.6) is 0 Å². The first-order valence-electron chi connectivity index (χ1n) is 10.3. The molecule has 15 heteroatoms. The van der Waals surface area contributed by atoms with E-state index in [9.17, 15) is 19.5 Å². The van der Waals surface area contributed by atoms with Crippen molar-refractivity contribution < 1.29 is 23.4 Å². The third-order valence-electron chi connectivity index (χ3n) is 5.40. The summed E-state index contributed by atoms with van der Waals surface area (Å²) in [5, 5.41) is 15.5. The molecule has 3 unspecified atom stereocenters. The van der Waals surface area contributed by atoms with E-state index < -0.39 is 35.2 Å². The van der Waals surface area contributed by atoms with E-state index in [1.807, 2.05) is 11.0 Å². The summed E-state index contributed by atoms with van der Waals surface area (Å²) in [5.74, 6) is -1.37. The zero-order valence-electron chi connectivity index (χ0n) is 18.4. The van der Waals surface area contributed by atoms with Crippen LogP contribution in [0.2, 0.25) is 0 Å². The van der Waals surface area contributed by atoms with Gasteiger partial charge in [0.05, 0.1) is 25.1 Å². The van der Waals surface area contributed by atoms with E-state index in [0.717, 1.165) is 9.90 Å². The highest BCUT2D eigenvalue weighted by Crippen LogP contribution is 2.41. The number of hydrogen-bond acceptors (Lipinski definition) is 9. The minimum Gasteiger partial charge on any atom is -0.477 e. The number of aliphatic carboxylic acids is 1. The number of thioether (sulfide) groups is 2. The van der Waals surface area contributed by atoms with Crippen molar-refractivity contribution in [1.29, 1.82) is 0 Å². The molecule has 1 aromatic carbocycles. The molecule has 0 aliphatic carbocycles. The van der Waals surface area contributed by atoms with E-state index in [0.29, 0.717) is 22.6 Å². The number of carboxylic acid groups (broad SMARTS) is 1. The number of nitrogens with two attached hydrogens (primary N) is 1. The molecule has 3 heterocycles. The van der Waals surface area contributed by atoms with E-state index in [1.165, 1.54) is 40.0 Å². The Kier molecular flexibility index (Phi) is 7.62. The summed E-state index contributed by atoms with van der Waals surface area (Å²) in [6.07, 6.45) is 1.68. The summed E-state index contributed by atoms with van der Waals surface area (Å²) in [6.45, 7) is 0.186. The monoisotopic (exact) mass is 533 g/mol. The second-order valence-corrected chi connectivity index (χ2v) is 11.2. The van der Waals surface area contributed by atoms with Gasteiger partial charge in [0.2, 0.25) is 5.91 Å². The molecule has 1 aromatic heterocycles. The van der Waals surface area contributed by atoms with Gasteiger partial charge in [-0.05, 0) is 27.2 Å². The highest BCUT2D eigenvalue weighted by Gasteiger charge is 2.54. The van der Waals surface area contributed by atoms with E-state index in [1.54, 1.807) is 30.6 Å². The van der Waals surface area contributed by atoms with Gasteiger partial charge in [0.25, 0.3) is 16.6 Å². The predicted octanol–water partition coefficient (Wildman–Crippen LogP) is 1.31. The summed E-state index contributed by atoms with van der Waals surface area (Å²) in [7, 11) is 1.87. The van der Waals surface area contributed by atoms with Crippen LogP contribution in [0.1, 0.15) is 17.2 Å². The summed E-state index contributed by atoms with van der Waals surface area (Å²) in [4.78, 5) is 45.8. The lowest BCUT2D eigenvalue weighted by atomic mass is 10.0. The third kappa shape index (κ3) is 5.28. The number of nitrogens with one attached hydrogen (secondary N) is 1. The molecule has 0 spiro atoms.